The summed E-state index contributed by atoms with van der Waals surface area (Å²) in [4.78, 5) is 12.1. The largest absolute Gasteiger partial charge is 0.433 e. The van der Waals surface area contributed by atoms with Crippen molar-refractivity contribution in [3.05, 3.63) is 34.9 Å². The van der Waals surface area contributed by atoms with Crippen molar-refractivity contribution >= 4 is 5.91 Å². The molecule has 6 nitrogen and oxygen atoms in total. The molecule has 1 atom stereocenters. The van der Waals surface area contributed by atoms with E-state index in [4.69, 9.17) is 0 Å². The predicted octanol–water partition coefficient (Wildman–Crippen LogP) is 2.45. The number of rotatable bonds is 4. The summed E-state index contributed by atoms with van der Waals surface area (Å²) in [5.41, 5.74) is 0.474. The lowest BCUT2D eigenvalue weighted by atomic mass is 10.1. The van der Waals surface area contributed by atoms with Gasteiger partial charge in [0.2, 0.25) is 0 Å². The molecule has 0 saturated heterocycles. The summed E-state index contributed by atoms with van der Waals surface area (Å²) < 4.78 is 40.7. The number of aryl methyl sites for hydroxylation is 2. The van der Waals surface area contributed by atoms with Crippen LogP contribution in [0.4, 0.5) is 13.2 Å². The Balaban J connectivity index is 2.17. The summed E-state index contributed by atoms with van der Waals surface area (Å²) in [6.45, 7) is 6.26. The first-order valence-corrected chi connectivity index (χ1v) is 7.09. The van der Waals surface area contributed by atoms with Crippen LogP contribution in [0.1, 0.15) is 47.3 Å². The molecular formula is C14H18F3N5O. The van der Waals surface area contributed by atoms with Gasteiger partial charge in [0.1, 0.15) is 5.69 Å². The van der Waals surface area contributed by atoms with E-state index in [9.17, 15) is 18.0 Å². The van der Waals surface area contributed by atoms with E-state index in [1.807, 2.05) is 13.8 Å². The highest BCUT2D eigenvalue weighted by atomic mass is 19.4. The molecule has 1 N–H and O–H groups in total. The summed E-state index contributed by atoms with van der Waals surface area (Å²) >= 11 is 0. The highest BCUT2D eigenvalue weighted by molar-refractivity contribution is 5.92. The molecule has 126 valence electrons. The monoisotopic (exact) mass is 329 g/mol. The fourth-order valence-corrected chi connectivity index (χ4v) is 2.40. The van der Waals surface area contributed by atoms with Gasteiger partial charge in [-0.15, -0.1) is 0 Å². The van der Waals surface area contributed by atoms with E-state index in [1.54, 1.807) is 17.8 Å². The minimum absolute atomic E-state index is 0.271. The lowest BCUT2D eigenvalue weighted by Crippen LogP contribution is -2.27. The van der Waals surface area contributed by atoms with Crippen molar-refractivity contribution in [1.82, 2.24) is 24.9 Å². The van der Waals surface area contributed by atoms with E-state index in [1.165, 1.54) is 0 Å². The van der Waals surface area contributed by atoms with Crippen molar-refractivity contribution in [2.75, 3.05) is 0 Å². The third kappa shape index (κ3) is 3.38. The lowest BCUT2D eigenvalue weighted by Gasteiger charge is -2.13. The van der Waals surface area contributed by atoms with Gasteiger partial charge in [-0.1, -0.05) is 0 Å². The predicted molar refractivity (Wildman–Crippen MR) is 76.7 cm³/mol. The van der Waals surface area contributed by atoms with Crippen molar-refractivity contribution in [2.24, 2.45) is 7.05 Å². The van der Waals surface area contributed by atoms with Crippen LogP contribution in [-0.2, 0) is 19.8 Å². The van der Waals surface area contributed by atoms with Crippen LogP contribution in [0, 0.1) is 6.92 Å². The Kier molecular flexibility index (Phi) is 4.49. The summed E-state index contributed by atoms with van der Waals surface area (Å²) in [6.07, 6.45) is -2.91. The molecule has 0 bridgehead atoms. The van der Waals surface area contributed by atoms with Crippen molar-refractivity contribution in [1.29, 1.82) is 0 Å². The molecule has 1 amide bonds. The van der Waals surface area contributed by atoms with Gasteiger partial charge >= 0.3 is 6.18 Å². The van der Waals surface area contributed by atoms with Gasteiger partial charge in [-0.3, -0.25) is 14.2 Å². The molecule has 2 aromatic rings. The number of nitrogens with one attached hydrogen (secondary N) is 1. The number of carbonyl (C=O) groups is 1. The molecule has 9 heteroatoms. The molecule has 2 heterocycles. The Morgan fingerprint density at radius 3 is 2.57 bits per heavy atom. The Bertz CT molecular complexity index is 717. The van der Waals surface area contributed by atoms with Crippen LogP contribution in [0.15, 0.2) is 12.3 Å². The molecular weight excluding hydrogens is 311 g/mol. The molecule has 0 radical (unpaired) electrons. The molecule has 0 spiro atoms. The number of halogens is 3. The van der Waals surface area contributed by atoms with Gasteiger partial charge in [0.15, 0.2) is 5.69 Å². The second-order valence-electron chi connectivity index (χ2n) is 5.23. The fourth-order valence-electron chi connectivity index (χ4n) is 2.40. The first-order chi connectivity index (χ1) is 10.6. The van der Waals surface area contributed by atoms with E-state index in [-0.39, 0.29) is 11.7 Å². The Hall–Kier alpha value is -2.32. The maximum absolute atomic E-state index is 12.7. The summed E-state index contributed by atoms with van der Waals surface area (Å²) in [5.74, 6) is -0.660. The van der Waals surface area contributed by atoms with Crippen LogP contribution >= 0.6 is 0 Å². The van der Waals surface area contributed by atoms with Crippen LogP contribution in [0.25, 0.3) is 0 Å². The maximum atomic E-state index is 12.7. The number of carbonyl (C=O) groups excluding carboxylic acids is 1. The quantitative estimate of drug-likeness (QED) is 0.937. The normalized spacial score (nSPS) is 13.2. The number of hydrogen-bond acceptors (Lipinski definition) is 3. The van der Waals surface area contributed by atoms with Gasteiger partial charge in [-0.05, 0) is 20.8 Å². The zero-order chi connectivity index (χ0) is 17.4. The van der Waals surface area contributed by atoms with E-state index in [0.717, 1.165) is 24.4 Å². The summed E-state index contributed by atoms with van der Waals surface area (Å²) in [5, 5.41) is 10.5. The van der Waals surface area contributed by atoms with Crippen LogP contribution in [0.2, 0.25) is 0 Å². The lowest BCUT2D eigenvalue weighted by molar-refractivity contribution is -0.143. The average Bonchev–Trinajstić information content (AvgIpc) is 3.01. The van der Waals surface area contributed by atoms with Gasteiger partial charge in [0.25, 0.3) is 5.91 Å². The molecule has 23 heavy (non-hydrogen) atoms. The summed E-state index contributed by atoms with van der Waals surface area (Å²) in [6, 6.07) is 0.351. The number of aromatic nitrogens is 4. The topological polar surface area (TPSA) is 64.7 Å². The van der Waals surface area contributed by atoms with Crippen molar-refractivity contribution in [2.45, 2.75) is 39.5 Å². The molecule has 0 fully saturated rings. The van der Waals surface area contributed by atoms with Gasteiger partial charge in [0, 0.05) is 30.9 Å². The fraction of sp³-hybridized carbons (Fsp3) is 0.500. The van der Waals surface area contributed by atoms with Gasteiger partial charge in [-0.2, -0.15) is 23.4 Å². The molecule has 0 aliphatic rings. The maximum Gasteiger partial charge on any atom is 0.433 e. The Morgan fingerprint density at radius 2 is 2.09 bits per heavy atom. The molecule has 0 aliphatic carbocycles. The number of hydrogen-bond donors (Lipinski definition) is 1. The first-order valence-electron chi connectivity index (χ1n) is 7.09. The third-order valence-electron chi connectivity index (χ3n) is 3.66. The average molecular weight is 329 g/mol. The molecule has 1 unspecified atom stereocenters. The van der Waals surface area contributed by atoms with E-state index >= 15 is 0 Å². The van der Waals surface area contributed by atoms with Crippen molar-refractivity contribution in [3.63, 3.8) is 0 Å². The zero-order valence-corrected chi connectivity index (χ0v) is 13.3. The second kappa shape index (κ2) is 6.05. The Morgan fingerprint density at radius 1 is 1.43 bits per heavy atom. The van der Waals surface area contributed by atoms with Crippen LogP contribution < -0.4 is 5.32 Å². The van der Waals surface area contributed by atoms with Gasteiger partial charge in [-0.25, -0.2) is 0 Å². The summed E-state index contributed by atoms with van der Waals surface area (Å²) in [7, 11) is 1.15. The number of nitrogens with zero attached hydrogens (tertiary/aromatic N) is 4. The number of alkyl halides is 3. The SMILES string of the molecule is CCn1ncc(C(C)NC(=O)c2cc(C(F)(F)F)n(C)n2)c1C. The van der Waals surface area contributed by atoms with Crippen LogP contribution in [0.5, 0.6) is 0 Å². The van der Waals surface area contributed by atoms with E-state index < -0.39 is 17.8 Å². The van der Waals surface area contributed by atoms with Gasteiger partial charge < -0.3 is 5.32 Å². The Labute approximate surface area is 131 Å². The van der Waals surface area contributed by atoms with E-state index in [0.29, 0.717) is 11.2 Å². The molecule has 2 aromatic heterocycles. The van der Waals surface area contributed by atoms with Crippen LogP contribution in [-0.4, -0.2) is 25.5 Å². The standard InChI is InChI=1S/C14H18F3N5O/c1-5-22-9(3)10(7-18-22)8(2)19-13(23)11-6-12(14(15,16)17)21(4)20-11/h6-8H,5H2,1-4H3,(H,19,23). The minimum Gasteiger partial charge on any atom is -0.344 e. The van der Waals surface area contributed by atoms with Gasteiger partial charge in [0.05, 0.1) is 12.2 Å². The zero-order valence-electron chi connectivity index (χ0n) is 13.3. The molecule has 0 aliphatic heterocycles. The van der Waals surface area contributed by atoms with Crippen LogP contribution in [0.3, 0.4) is 0 Å². The van der Waals surface area contributed by atoms with Crippen molar-refractivity contribution in [3.8, 4) is 0 Å². The molecule has 2 rings (SSSR count). The highest BCUT2D eigenvalue weighted by Gasteiger charge is 2.35. The minimum atomic E-state index is -4.55. The highest BCUT2D eigenvalue weighted by Crippen LogP contribution is 2.29. The second-order valence-corrected chi connectivity index (χ2v) is 5.23. The van der Waals surface area contributed by atoms with E-state index in [2.05, 4.69) is 15.5 Å². The van der Waals surface area contributed by atoms with Crippen molar-refractivity contribution < 1.29 is 18.0 Å². The molecule has 0 saturated carbocycles. The smallest absolute Gasteiger partial charge is 0.344 e. The first kappa shape index (κ1) is 17.0. The third-order valence-corrected chi connectivity index (χ3v) is 3.66. The number of amides is 1. The molecule has 0 aromatic carbocycles.